The van der Waals surface area contributed by atoms with E-state index in [0.717, 1.165) is 38.0 Å². The molecule has 1 aromatic rings. The number of benzene rings is 1. The van der Waals surface area contributed by atoms with Gasteiger partial charge < -0.3 is 14.8 Å². The molecular formula is C14H20FNO2. The third-order valence-corrected chi connectivity index (χ3v) is 3.74. The quantitative estimate of drug-likeness (QED) is 0.892. The van der Waals surface area contributed by atoms with E-state index in [0.29, 0.717) is 5.75 Å². The molecule has 4 heteroatoms. The van der Waals surface area contributed by atoms with Crippen LogP contribution in [0.1, 0.15) is 18.4 Å². The summed E-state index contributed by atoms with van der Waals surface area (Å²) in [4.78, 5) is 0. The minimum atomic E-state index is -0.298. The van der Waals surface area contributed by atoms with Gasteiger partial charge in [-0.2, -0.15) is 0 Å². The number of nitrogens with one attached hydrogen (secondary N) is 1. The lowest BCUT2D eigenvalue weighted by Gasteiger charge is -2.37. The van der Waals surface area contributed by atoms with Crippen LogP contribution in [0.3, 0.4) is 0 Å². The Balaban J connectivity index is 2.14. The molecule has 0 spiro atoms. The van der Waals surface area contributed by atoms with Crippen molar-refractivity contribution in [2.24, 2.45) is 0 Å². The van der Waals surface area contributed by atoms with E-state index in [1.807, 2.05) is 13.1 Å². The second-order valence-electron chi connectivity index (χ2n) is 4.79. The Hall–Kier alpha value is -1.13. The molecule has 1 heterocycles. The van der Waals surface area contributed by atoms with Gasteiger partial charge in [-0.25, -0.2) is 4.39 Å². The van der Waals surface area contributed by atoms with E-state index in [-0.39, 0.29) is 11.4 Å². The lowest BCUT2D eigenvalue weighted by atomic mass is 9.84. The van der Waals surface area contributed by atoms with E-state index in [1.165, 1.54) is 7.11 Å². The van der Waals surface area contributed by atoms with Crippen LogP contribution in [-0.4, -0.2) is 32.9 Å². The van der Waals surface area contributed by atoms with Crippen molar-refractivity contribution in [1.29, 1.82) is 0 Å². The smallest absolute Gasteiger partial charge is 0.165 e. The topological polar surface area (TPSA) is 30.5 Å². The van der Waals surface area contributed by atoms with Gasteiger partial charge in [0.15, 0.2) is 11.6 Å². The summed E-state index contributed by atoms with van der Waals surface area (Å²) in [6, 6.07) is 5.18. The molecular weight excluding hydrogens is 233 g/mol. The van der Waals surface area contributed by atoms with Crippen LogP contribution in [0.15, 0.2) is 18.2 Å². The van der Waals surface area contributed by atoms with E-state index in [4.69, 9.17) is 9.47 Å². The fraction of sp³-hybridized carbons (Fsp3) is 0.571. The number of hydrogen-bond acceptors (Lipinski definition) is 3. The van der Waals surface area contributed by atoms with Crippen LogP contribution in [0, 0.1) is 5.82 Å². The molecule has 0 aliphatic carbocycles. The van der Waals surface area contributed by atoms with E-state index >= 15 is 0 Å². The fourth-order valence-electron chi connectivity index (χ4n) is 2.49. The van der Waals surface area contributed by atoms with Crippen molar-refractivity contribution in [1.82, 2.24) is 5.32 Å². The number of methoxy groups -OCH3 is 1. The number of ether oxygens (including phenoxy) is 2. The first-order valence-electron chi connectivity index (χ1n) is 6.28. The van der Waals surface area contributed by atoms with Crippen LogP contribution in [-0.2, 0) is 11.2 Å². The summed E-state index contributed by atoms with van der Waals surface area (Å²) >= 11 is 0. The van der Waals surface area contributed by atoms with Gasteiger partial charge in [-0.3, -0.25) is 0 Å². The first-order chi connectivity index (χ1) is 8.69. The summed E-state index contributed by atoms with van der Waals surface area (Å²) in [5.74, 6) is -0.00227. The van der Waals surface area contributed by atoms with Gasteiger partial charge >= 0.3 is 0 Å². The molecule has 0 bridgehead atoms. The molecule has 100 valence electrons. The highest BCUT2D eigenvalue weighted by molar-refractivity contribution is 5.30. The number of likely N-dealkylation sites (N-methyl/N-ethyl adjacent to an activating group) is 1. The predicted octanol–water partition coefficient (Wildman–Crippen LogP) is 2.15. The highest BCUT2D eigenvalue weighted by atomic mass is 19.1. The molecule has 0 radical (unpaired) electrons. The van der Waals surface area contributed by atoms with E-state index < -0.39 is 0 Å². The van der Waals surface area contributed by atoms with E-state index in [1.54, 1.807) is 12.1 Å². The molecule has 0 amide bonds. The Morgan fingerprint density at radius 1 is 1.39 bits per heavy atom. The van der Waals surface area contributed by atoms with Crippen molar-refractivity contribution < 1.29 is 13.9 Å². The molecule has 1 N–H and O–H groups in total. The minimum absolute atomic E-state index is 0.0271. The van der Waals surface area contributed by atoms with Crippen LogP contribution in [0.2, 0.25) is 0 Å². The first kappa shape index (κ1) is 13.3. The van der Waals surface area contributed by atoms with Crippen LogP contribution < -0.4 is 10.1 Å². The zero-order valence-corrected chi connectivity index (χ0v) is 11.0. The van der Waals surface area contributed by atoms with Crippen LogP contribution >= 0.6 is 0 Å². The van der Waals surface area contributed by atoms with Gasteiger partial charge in [-0.05, 0) is 44.0 Å². The maximum atomic E-state index is 13.7. The SMILES string of the molecule is CNC1(Cc2ccc(OC)c(F)c2)CCOCC1. The fourth-order valence-corrected chi connectivity index (χ4v) is 2.49. The molecule has 0 atom stereocenters. The molecule has 1 saturated heterocycles. The van der Waals surface area contributed by atoms with Crippen molar-refractivity contribution in [2.45, 2.75) is 24.8 Å². The monoisotopic (exact) mass is 253 g/mol. The number of rotatable bonds is 4. The third kappa shape index (κ3) is 2.82. The second kappa shape index (κ2) is 5.67. The standard InChI is InChI=1S/C14H20FNO2/c1-16-14(5-7-18-8-6-14)10-11-3-4-13(17-2)12(15)9-11/h3-4,9,16H,5-8,10H2,1-2H3. The summed E-state index contributed by atoms with van der Waals surface area (Å²) in [5, 5.41) is 3.38. The summed E-state index contributed by atoms with van der Waals surface area (Å²) in [6.07, 6.45) is 2.72. The van der Waals surface area contributed by atoms with Gasteiger partial charge in [0.05, 0.1) is 7.11 Å². The molecule has 3 nitrogen and oxygen atoms in total. The first-order valence-corrected chi connectivity index (χ1v) is 6.28. The van der Waals surface area contributed by atoms with Crippen LogP contribution in [0.25, 0.3) is 0 Å². The third-order valence-electron chi connectivity index (χ3n) is 3.74. The highest BCUT2D eigenvalue weighted by Crippen LogP contribution is 2.27. The molecule has 1 aliphatic rings. The molecule has 0 unspecified atom stereocenters. The van der Waals surface area contributed by atoms with Gasteiger partial charge in [-0.15, -0.1) is 0 Å². The largest absolute Gasteiger partial charge is 0.494 e. The maximum absolute atomic E-state index is 13.7. The average Bonchev–Trinajstić information content (AvgIpc) is 2.40. The van der Waals surface area contributed by atoms with Gasteiger partial charge in [0.1, 0.15) is 0 Å². The van der Waals surface area contributed by atoms with Gasteiger partial charge in [0, 0.05) is 18.8 Å². The number of halogens is 1. The lowest BCUT2D eigenvalue weighted by molar-refractivity contribution is 0.0413. The zero-order chi connectivity index (χ0) is 13.0. The maximum Gasteiger partial charge on any atom is 0.165 e. The molecule has 0 saturated carbocycles. The van der Waals surface area contributed by atoms with E-state index in [2.05, 4.69) is 5.32 Å². The molecule has 1 aliphatic heterocycles. The molecule has 1 fully saturated rings. The summed E-state index contributed by atoms with van der Waals surface area (Å²) < 4.78 is 24.0. The Morgan fingerprint density at radius 2 is 2.11 bits per heavy atom. The van der Waals surface area contributed by atoms with Crippen molar-refractivity contribution in [3.8, 4) is 5.75 Å². The summed E-state index contributed by atoms with van der Waals surface area (Å²) in [6.45, 7) is 1.53. The van der Waals surface area contributed by atoms with Crippen molar-refractivity contribution in [2.75, 3.05) is 27.4 Å². The van der Waals surface area contributed by atoms with Crippen molar-refractivity contribution in [3.05, 3.63) is 29.6 Å². The van der Waals surface area contributed by atoms with Crippen molar-refractivity contribution in [3.63, 3.8) is 0 Å². The molecule has 0 aromatic heterocycles. The predicted molar refractivity (Wildman–Crippen MR) is 68.5 cm³/mol. The highest BCUT2D eigenvalue weighted by Gasteiger charge is 2.31. The Bertz CT molecular complexity index is 403. The molecule has 1 aromatic carbocycles. The number of hydrogen-bond donors (Lipinski definition) is 1. The second-order valence-corrected chi connectivity index (χ2v) is 4.79. The van der Waals surface area contributed by atoms with Gasteiger partial charge in [0.2, 0.25) is 0 Å². The van der Waals surface area contributed by atoms with E-state index in [9.17, 15) is 4.39 Å². The minimum Gasteiger partial charge on any atom is -0.494 e. The van der Waals surface area contributed by atoms with Crippen molar-refractivity contribution >= 4 is 0 Å². The van der Waals surface area contributed by atoms with Crippen LogP contribution in [0.5, 0.6) is 5.75 Å². The lowest BCUT2D eigenvalue weighted by Crippen LogP contribution is -2.49. The summed E-state index contributed by atoms with van der Waals surface area (Å²) in [5.41, 5.74) is 1.02. The van der Waals surface area contributed by atoms with Crippen LogP contribution in [0.4, 0.5) is 4.39 Å². The molecule has 2 rings (SSSR count). The Morgan fingerprint density at radius 3 is 2.67 bits per heavy atom. The normalized spacial score (nSPS) is 18.6. The Labute approximate surface area is 107 Å². The average molecular weight is 253 g/mol. The van der Waals surface area contributed by atoms with Gasteiger partial charge in [0.25, 0.3) is 0 Å². The van der Waals surface area contributed by atoms with Gasteiger partial charge in [-0.1, -0.05) is 6.07 Å². The summed E-state index contributed by atoms with van der Waals surface area (Å²) in [7, 11) is 3.44. The zero-order valence-electron chi connectivity index (χ0n) is 11.0. The Kier molecular flexibility index (Phi) is 4.19. The molecule has 18 heavy (non-hydrogen) atoms.